The molecule has 0 bridgehead atoms. The fraction of sp³-hybridized carbons (Fsp3) is 0. The van der Waals surface area contributed by atoms with Crippen LogP contribution < -0.4 is 4.72 Å². The Bertz CT molecular complexity index is 857. The molecule has 0 amide bonds. The molecule has 1 aromatic carbocycles. The monoisotopic (exact) mass is 340 g/mol. The molecule has 5 nitrogen and oxygen atoms in total. The fourth-order valence-electron chi connectivity index (χ4n) is 1.69. The first kappa shape index (κ1) is 14.1. The molecule has 0 radical (unpaired) electrons. The minimum absolute atomic E-state index is 0.175. The summed E-state index contributed by atoms with van der Waals surface area (Å²) in [6.45, 7) is 0. The van der Waals surface area contributed by atoms with E-state index in [1.165, 1.54) is 12.3 Å². The minimum Gasteiger partial charge on any atom is -0.356 e. The summed E-state index contributed by atoms with van der Waals surface area (Å²) in [4.78, 5) is 0. The van der Waals surface area contributed by atoms with Crippen molar-refractivity contribution in [3.8, 4) is 11.3 Å². The number of anilines is 1. The molecule has 0 aliphatic heterocycles. The number of hydrogen-bond acceptors (Lipinski definition) is 5. The smallest absolute Gasteiger partial charge is 0.271 e. The summed E-state index contributed by atoms with van der Waals surface area (Å²) in [7, 11) is -3.68. The summed E-state index contributed by atoms with van der Waals surface area (Å²) >= 11 is 7.06. The van der Waals surface area contributed by atoms with Gasteiger partial charge in [0, 0.05) is 17.0 Å². The Morgan fingerprint density at radius 3 is 2.76 bits per heavy atom. The van der Waals surface area contributed by atoms with Gasteiger partial charge in [-0.1, -0.05) is 28.9 Å². The van der Waals surface area contributed by atoms with Crippen LogP contribution in [0.4, 0.5) is 5.69 Å². The van der Waals surface area contributed by atoms with Gasteiger partial charge in [-0.15, -0.1) is 11.3 Å². The predicted molar refractivity (Wildman–Crippen MR) is 82.1 cm³/mol. The van der Waals surface area contributed by atoms with E-state index in [4.69, 9.17) is 16.1 Å². The van der Waals surface area contributed by atoms with Crippen molar-refractivity contribution < 1.29 is 12.9 Å². The third kappa shape index (κ3) is 2.94. The van der Waals surface area contributed by atoms with Gasteiger partial charge in [-0.2, -0.15) is 0 Å². The standard InChI is InChI=1S/C13H9ClN2O3S2/c14-10-3-1-2-4-11(10)16-21(17,18)13-7-9(8-20-13)12-5-6-15-19-12/h1-8,16H. The molecule has 3 rings (SSSR count). The predicted octanol–water partition coefficient (Wildman–Crippen LogP) is 3.86. The molecule has 2 heterocycles. The Labute approximate surface area is 130 Å². The van der Waals surface area contributed by atoms with Gasteiger partial charge in [0.05, 0.1) is 16.9 Å². The second-order valence-electron chi connectivity index (χ2n) is 4.12. The molecule has 0 atom stereocenters. The minimum atomic E-state index is -3.68. The average molecular weight is 341 g/mol. The third-order valence-corrected chi connectivity index (χ3v) is 5.82. The van der Waals surface area contributed by atoms with E-state index < -0.39 is 10.0 Å². The molecule has 0 saturated carbocycles. The molecule has 108 valence electrons. The first-order valence-electron chi connectivity index (χ1n) is 5.83. The Morgan fingerprint density at radius 2 is 2.05 bits per heavy atom. The number of nitrogens with one attached hydrogen (secondary N) is 1. The van der Waals surface area contributed by atoms with Crippen molar-refractivity contribution >= 4 is 38.6 Å². The largest absolute Gasteiger partial charge is 0.356 e. The lowest BCUT2D eigenvalue weighted by Gasteiger charge is -2.07. The second-order valence-corrected chi connectivity index (χ2v) is 7.34. The number of thiophene rings is 1. The molecule has 3 aromatic rings. The number of halogens is 1. The second kappa shape index (κ2) is 5.51. The lowest BCUT2D eigenvalue weighted by molar-refractivity contribution is 0.432. The quantitative estimate of drug-likeness (QED) is 0.782. The number of rotatable bonds is 4. The number of benzene rings is 1. The van der Waals surface area contributed by atoms with Crippen LogP contribution in [0.1, 0.15) is 0 Å². The molecule has 0 unspecified atom stereocenters. The van der Waals surface area contributed by atoms with Crippen molar-refractivity contribution in [3.63, 3.8) is 0 Å². The molecule has 1 N–H and O–H groups in total. The first-order valence-corrected chi connectivity index (χ1v) is 8.57. The highest BCUT2D eigenvalue weighted by atomic mass is 35.5. The Morgan fingerprint density at radius 1 is 1.24 bits per heavy atom. The van der Waals surface area contributed by atoms with E-state index in [9.17, 15) is 8.42 Å². The van der Waals surface area contributed by atoms with E-state index in [-0.39, 0.29) is 4.21 Å². The molecule has 0 aliphatic carbocycles. The zero-order chi connectivity index (χ0) is 14.9. The molecule has 21 heavy (non-hydrogen) atoms. The van der Waals surface area contributed by atoms with Crippen molar-refractivity contribution in [2.75, 3.05) is 4.72 Å². The van der Waals surface area contributed by atoms with Crippen LogP contribution in [0.5, 0.6) is 0 Å². The average Bonchev–Trinajstić information content (AvgIpc) is 3.11. The topological polar surface area (TPSA) is 72.2 Å². The van der Waals surface area contributed by atoms with Crippen LogP contribution in [0.3, 0.4) is 0 Å². The first-order chi connectivity index (χ1) is 10.1. The summed E-state index contributed by atoms with van der Waals surface area (Å²) in [5.41, 5.74) is 1.01. The van der Waals surface area contributed by atoms with Crippen LogP contribution in [0.25, 0.3) is 11.3 Å². The van der Waals surface area contributed by atoms with E-state index in [1.807, 2.05) is 0 Å². The van der Waals surface area contributed by atoms with Crippen LogP contribution in [0, 0.1) is 0 Å². The molecule has 0 aliphatic rings. The zero-order valence-corrected chi connectivity index (χ0v) is 12.9. The highest BCUT2D eigenvalue weighted by molar-refractivity contribution is 7.94. The van der Waals surface area contributed by atoms with Gasteiger partial charge < -0.3 is 4.52 Å². The van der Waals surface area contributed by atoms with Gasteiger partial charge in [-0.3, -0.25) is 4.72 Å². The van der Waals surface area contributed by atoms with Crippen molar-refractivity contribution in [1.29, 1.82) is 0 Å². The third-order valence-electron chi connectivity index (χ3n) is 2.68. The fourth-order valence-corrected chi connectivity index (χ4v) is 4.18. The summed E-state index contributed by atoms with van der Waals surface area (Å²) < 4.78 is 32.3. The maximum Gasteiger partial charge on any atom is 0.271 e. The molecular formula is C13H9ClN2O3S2. The number of hydrogen-bond donors (Lipinski definition) is 1. The van der Waals surface area contributed by atoms with Crippen molar-refractivity contribution in [3.05, 3.63) is 53.0 Å². The lowest BCUT2D eigenvalue weighted by atomic mass is 10.3. The van der Waals surface area contributed by atoms with Gasteiger partial charge in [-0.25, -0.2) is 8.42 Å². The molecule has 0 fully saturated rings. The van der Waals surface area contributed by atoms with Gasteiger partial charge >= 0.3 is 0 Å². The Kier molecular flexibility index (Phi) is 3.71. The highest BCUT2D eigenvalue weighted by Crippen LogP contribution is 2.30. The number of nitrogens with zero attached hydrogens (tertiary/aromatic N) is 1. The van der Waals surface area contributed by atoms with Crippen molar-refractivity contribution in [1.82, 2.24) is 5.16 Å². The molecule has 0 spiro atoms. The molecule has 2 aromatic heterocycles. The van der Waals surface area contributed by atoms with E-state index in [0.29, 0.717) is 22.0 Å². The van der Waals surface area contributed by atoms with E-state index in [1.54, 1.807) is 35.7 Å². The molecule has 8 heteroatoms. The van der Waals surface area contributed by atoms with Crippen LogP contribution in [0.15, 0.2) is 56.7 Å². The zero-order valence-electron chi connectivity index (χ0n) is 10.5. The Hall–Kier alpha value is -1.83. The summed E-state index contributed by atoms with van der Waals surface area (Å²) in [5.74, 6) is 0.519. The van der Waals surface area contributed by atoms with E-state index in [2.05, 4.69) is 9.88 Å². The van der Waals surface area contributed by atoms with Gasteiger partial charge in [0.15, 0.2) is 5.76 Å². The molecular weight excluding hydrogens is 332 g/mol. The van der Waals surface area contributed by atoms with E-state index in [0.717, 1.165) is 11.3 Å². The lowest BCUT2D eigenvalue weighted by Crippen LogP contribution is -2.11. The summed E-state index contributed by atoms with van der Waals surface area (Å²) in [6, 6.07) is 9.86. The molecule has 0 saturated heterocycles. The van der Waals surface area contributed by atoms with Crippen molar-refractivity contribution in [2.45, 2.75) is 4.21 Å². The van der Waals surface area contributed by atoms with Crippen LogP contribution in [0.2, 0.25) is 5.02 Å². The Balaban J connectivity index is 1.91. The van der Waals surface area contributed by atoms with Crippen LogP contribution >= 0.6 is 22.9 Å². The van der Waals surface area contributed by atoms with Crippen LogP contribution in [-0.2, 0) is 10.0 Å². The van der Waals surface area contributed by atoms with Gasteiger partial charge in [0.25, 0.3) is 10.0 Å². The number of aromatic nitrogens is 1. The van der Waals surface area contributed by atoms with Crippen molar-refractivity contribution in [2.24, 2.45) is 0 Å². The number of para-hydroxylation sites is 1. The SMILES string of the molecule is O=S(=O)(Nc1ccccc1Cl)c1cc(-c2ccno2)cs1. The summed E-state index contributed by atoms with van der Waals surface area (Å²) in [6.07, 6.45) is 1.50. The van der Waals surface area contributed by atoms with Gasteiger partial charge in [-0.05, 0) is 18.2 Å². The van der Waals surface area contributed by atoms with Crippen LogP contribution in [-0.4, -0.2) is 13.6 Å². The maximum absolute atomic E-state index is 12.3. The van der Waals surface area contributed by atoms with Gasteiger partial charge in [0.1, 0.15) is 4.21 Å². The number of sulfonamides is 1. The van der Waals surface area contributed by atoms with E-state index >= 15 is 0 Å². The normalized spacial score (nSPS) is 11.5. The summed E-state index contributed by atoms with van der Waals surface area (Å²) in [5, 5.41) is 5.63. The highest BCUT2D eigenvalue weighted by Gasteiger charge is 2.19. The maximum atomic E-state index is 12.3. The van der Waals surface area contributed by atoms with Gasteiger partial charge in [0.2, 0.25) is 0 Å².